The Morgan fingerprint density at radius 1 is 0.960 bits per heavy atom. The molecule has 1 heterocycles. The first-order chi connectivity index (χ1) is 12.1. The molecule has 3 rings (SSSR count). The quantitative estimate of drug-likeness (QED) is 0.831. The first-order valence-electron chi connectivity index (χ1n) is 9.00. The molecule has 1 N–H and O–H groups in total. The second-order valence-corrected chi connectivity index (χ2v) is 6.74. The van der Waals surface area contributed by atoms with Crippen molar-refractivity contribution in [3.05, 3.63) is 35.9 Å². The van der Waals surface area contributed by atoms with E-state index in [1.807, 2.05) is 35.2 Å². The van der Waals surface area contributed by atoms with Crippen molar-refractivity contribution in [3.8, 4) is 0 Å². The molecule has 1 aromatic rings. The second kappa shape index (κ2) is 8.14. The summed E-state index contributed by atoms with van der Waals surface area (Å²) in [6.07, 6.45) is 2.66. The first-order valence-corrected chi connectivity index (χ1v) is 9.00. The molecule has 2 aliphatic rings. The molecular weight excluding hydrogens is 318 g/mol. The number of nitrogens with zero attached hydrogens (tertiary/aromatic N) is 2. The maximum Gasteiger partial charge on any atom is 0.225 e. The Balaban J connectivity index is 1.33. The highest BCUT2D eigenvalue weighted by Gasteiger charge is 2.35. The van der Waals surface area contributed by atoms with Gasteiger partial charge in [-0.2, -0.15) is 0 Å². The molecule has 0 spiro atoms. The van der Waals surface area contributed by atoms with Gasteiger partial charge in [0.05, 0.1) is 6.42 Å². The largest absolute Gasteiger partial charge is 0.355 e. The summed E-state index contributed by atoms with van der Waals surface area (Å²) in [6, 6.07) is 9.54. The standard InChI is InChI=1S/C19H25N3O3/c23-17(14-15-4-2-1-3-5-15)20-9-8-18(24)21-10-12-22(13-11-21)19(25)16-6-7-16/h1-5,16H,6-14H2,(H,20,23). The summed E-state index contributed by atoms with van der Waals surface area (Å²) in [4.78, 5) is 39.8. The van der Waals surface area contributed by atoms with Crippen LogP contribution in [0.2, 0.25) is 0 Å². The smallest absolute Gasteiger partial charge is 0.225 e. The normalized spacial score (nSPS) is 17.3. The van der Waals surface area contributed by atoms with E-state index in [1.165, 1.54) is 0 Å². The molecule has 1 aliphatic heterocycles. The van der Waals surface area contributed by atoms with Crippen LogP contribution in [0.3, 0.4) is 0 Å². The summed E-state index contributed by atoms with van der Waals surface area (Å²) >= 11 is 0. The topological polar surface area (TPSA) is 69.7 Å². The Bertz CT molecular complexity index is 620. The summed E-state index contributed by atoms with van der Waals surface area (Å²) in [5, 5.41) is 2.80. The lowest BCUT2D eigenvalue weighted by molar-refractivity contribution is -0.140. The molecule has 0 radical (unpaired) electrons. The molecule has 0 unspecified atom stereocenters. The summed E-state index contributed by atoms with van der Waals surface area (Å²) in [5.74, 6) is 0.458. The van der Waals surface area contributed by atoms with Gasteiger partial charge in [-0.25, -0.2) is 0 Å². The third kappa shape index (κ3) is 5.05. The third-order valence-electron chi connectivity index (χ3n) is 4.74. The number of amides is 3. The van der Waals surface area contributed by atoms with E-state index in [2.05, 4.69) is 5.32 Å². The lowest BCUT2D eigenvalue weighted by atomic mass is 10.1. The number of rotatable bonds is 6. The predicted octanol–water partition coefficient (Wildman–Crippen LogP) is 0.816. The SMILES string of the molecule is O=C(Cc1ccccc1)NCCC(=O)N1CCN(C(=O)C2CC2)CC1. The highest BCUT2D eigenvalue weighted by Crippen LogP contribution is 2.31. The van der Waals surface area contributed by atoms with Crippen molar-refractivity contribution in [3.63, 3.8) is 0 Å². The van der Waals surface area contributed by atoms with E-state index >= 15 is 0 Å². The van der Waals surface area contributed by atoms with E-state index < -0.39 is 0 Å². The molecule has 0 atom stereocenters. The Kier molecular flexibility index (Phi) is 5.68. The lowest BCUT2D eigenvalue weighted by Crippen LogP contribution is -2.51. The van der Waals surface area contributed by atoms with Crippen LogP contribution in [0.25, 0.3) is 0 Å². The van der Waals surface area contributed by atoms with Gasteiger partial charge in [-0.15, -0.1) is 0 Å². The van der Waals surface area contributed by atoms with E-state index in [0.717, 1.165) is 18.4 Å². The Hall–Kier alpha value is -2.37. The fraction of sp³-hybridized carbons (Fsp3) is 0.526. The monoisotopic (exact) mass is 343 g/mol. The van der Waals surface area contributed by atoms with Crippen molar-refractivity contribution in [2.45, 2.75) is 25.7 Å². The molecule has 0 aromatic heterocycles. The van der Waals surface area contributed by atoms with Crippen molar-refractivity contribution in [2.75, 3.05) is 32.7 Å². The maximum atomic E-state index is 12.2. The van der Waals surface area contributed by atoms with Gasteiger partial charge in [0.25, 0.3) is 0 Å². The zero-order chi connectivity index (χ0) is 17.6. The Morgan fingerprint density at radius 2 is 1.60 bits per heavy atom. The van der Waals surface area contributed by atoms with Crippen LogP contribution in [0.15, 0.2) is 30.3 Å². The van der Waals surface area contributed by atoms with Crippen LogP contribution in [0, 0.1) is 5.92 Å². The third-order valence-corrected chi connectivity index (χ3v) is 4.74. The zero-order valence-electron chi connectivity index (χ0n) is 14.4. The average Bonchev–Trinajstić information content (AvgIpc) is 3.47. The molecular formula is C19H25N3O3. The molecule has 25 heavy (non-hydrogen) atoms. The van der Waals surface area contributed by atoms with Crippen LogP contribution in [0.4, 0.5) is 0 Å². The fourth-order valence-corrected chi connectivity index (χ4v) is 3.08. The summed E-state index contributed by atoms with van der Waals surface area (Å²) in [7, 11) is 0. The van der Waals surface area contributed by atoms with Gasteiger partial charge in [0.15, 0.2) is 0 Å². The minimum absolute atomic E-state index is 0.0403. The van der Waals surface area contributed by atoms with Crippen molar-refractivity contribution in [1.82, 2.24) is 15.1 Å². The number of nitrogens with one attached hydrogen (secondary N) is 1. The van der Waals surface area contributed by atoms with Crippen molar-refractivity contribution >= 4 is 17.7 Å². The van der Waals surface area contributed by atoms with Gasteiger partial charge in [-0.05, 0) is 18.4 Å². The van der Waals surface area contributed by atoms with Crippen LogP contribution in [0.1, 0.15) is 24.8 Å². The van der Waals surface area contributed by atoms with E-state index in [9.17, 15) is 14.4 Å². The second-order valence-electron chi connectivity index (χ2n) is 6.74. The van der Waals surface area contributed by atoms with E-state index in [1.54, 1.807) is 4.90 Å². The minimum Gasteiger partial charge on any atom is -0.355 e. The van der Waals surface area contributed by atoms with Gasteiger partial charge in [0, 0.05) is 45.1 Å². The Labute approximate surface area is 148 Å². The number of piperazine rings is 1. The number of hydrogen-bond acceptors (Lipinski definition) is 3. The van der Waals surface area contributed by atoms with Gasteiger partial charge in [0.2, 0.25) is 17.7 Å². The minimum atomic E-state index is -0.0705. The molecule has 1 aliphatic carbocycles. The molecule has 1 aromatic carbocycles. The molecule has 2 fully saturated rings. The molecule has 1 saturated carbocycles. The first kappa shape index (κ1) is 17.5. The summed E-state index contributed by atoms with van der Waals surface area (Å²) < 4.78 is 0. The van der Waals surface area contributed by atoms with Crippen LogP contribution in [-0.2, 0) is 20.8 Å². The zero-order valence-corrected chi connectivity index (χ0v) is 14.4. The highest BCUT2D eigenvalue weighted by molar-refractivity contribution is 5.82. The molecule has 0 bridgehead atoms. The van der Waals surface area contributed by atoms with Crippen molar-refractivity contribution in [2.24, 2.45) is 5.92 Å². The molecule has 1 saturated heterocycles. The van der Waals surface area contributed by atoms with Crippen LogP contribution >= 0.6 is 0 Å². The highest BCUT2D eigenvalue weighted by atomic mass is 16.2. The van der Waals surface area contributed by atoms with E-state index in [0.29, 0.717) is 45.6 Å². The Morgan fingerprint density at radius 3 is 2.24 bits per heavy atom. The van der Waals surface area contributed by atoms with Crippen molar-refractivity contribution in [1.29, 1.82) is 0 Å². The number of benzene rings is 1. The molecule has 134 valence electrons. The maximum absolute atomic E-state index is 12.2. The van der Waals surface area contributed by atoms with E-state index in [-0.39, 0.29) is 23.6 Å². The number of carbonyl (C=O) groups excluding carboxylic acids is 3. The van der Waals surface area contributed by atoms with Gasteiger partial charge < -0.3 is 15.1 Å². The molecule has 6 heteroatoms. The van der Waals surface area contributed by atoms with E-state index in [4.69, 9.17) is 0 Å². The average molecular weight is 343 g/mol. The van der Waals surface area contributed by atoms with Crippen LogP contribution in [0.5, 0.6) is 0 Å². The number of hydrogen-bond donors (Lipinski definition) is 1. The molecule has 3 amide bonds. The lowest BCUT2D eigenvalue weighted by Gasteiger charge is -2.35. The fourth-order valence-electron chi connectivity index (χ4n) is 3.08. The predicted molar refractivity (Wildman–Crippen MR) is 93.7 cm³/mol. The summed E-state index contributed by atoms with van der Waals surface area (Å²) in [6.45, 7) is 2.79. The number of carbonyl (C=O) groups is 3. The van der Waals surface area contributed by atoms with Gasteiger partial charge >= 0.3 is 0 Å². The molecule has 6 nitrogen and oxygen atoms in total. The van der Waals surface area contributed by atoms with Crippen LogP contribution < -0.4 is 5.32 Å². The van der Waals surface area contributed by atoms with Gasteiger partial charge in [-0.3, -0.25) is 14.4 Å². The summed E-state index contributed by atoms with van der Waals surface area (Å²) in [5.41, 5.74) is 0.961. The van der Waals surface area contributed by atoms with Crippen LogP contribution in [-0.4, -0.2) is 60.2 Å². The van der Waals surface area contributed by atoms with Gasteiger partial charge in [-0.1, -0.05) is 30.3 Å². The van der Waals surface area contributed by atoms with Crippen molar-refractivity contribution < 1.29 is 14.4 Å². The van der Waals surface area contributed by atoms with Gasteiger partial charge in [0.1, 0.15) is 0 Å².